The second-order valence-corrected chi connectivity index (χ2v) is 9.28. The van der Waals surface area contributed by atoms with Crippen LogP contribution in [0.1, 0.15) is 44.9 Å². The second-order valence-electron chi connectivity index (χ2n) is 8.25. The Balaban J connectivity index is 1.30. The number of anilines is 2. The Bertz CT molecular complexity index is 1000. The lowest BCUT2D eigenvalue weighted by Crippen LogP contribution is -2.36. The summed E-state index contributed by atoms with van der Waals surface area (Å²) < 4.78 is 7.22. The van der Waals surface area contributed by atoms with Gasteiger partial charge in [0.05, 0.1) is 22.4 Å². The molecule has 2 atom stereocenters. The lowest BCUT2D eigenvalue weighted by atomic mass is 9.93. The van der Waals surface area contributed by atoms with Gasteiger partial charge in [-0.2, -0.15) is 0 Å². The maximum absolute atomic E-state index is 10.2. The van der Waals surface area contributed by atoms with Crippen molar-refractivity contribution in [1.29, 1.82) is 0 Å². The summed E-state index contributed by atoms with van der Waals surface area (Å²) in [5.74, 6) is 2.59. The molecule has 2 fully saturated rings. The van der Waals surface area contributed by atoms with Crippen LogP contribution in [0.4, 0.5) is 10.9 Å². The molecule has 158 valence electrons. The zero-order chi connectivity index (χ0) is 20.3. The number of hydrogen-bond donors (Lipinski definition) is 2. The van der Waals surface area contributed by atoms with Crippen molar-refractivity contribution < 1.29 is 9.84 Å². The summed E-state index contributed by atoms with van der Waals surface area (Å²) in [6, 6.07) is 10.0. The minimum atomic E-state index is -0.287. The molecular formula is C23H28N4O2S. The van der Waals surface area contributed by atoms with Crippen molar-refractivity contribution in [2.24, 2.45) is 0 Å². The fourth-order valence-electron chi connectivity index (χ4n) is 4.36. The monoisotopic (exact) mass is 424 g/mol. The molecule has 0 bridgehead atoms. The third-order valence-electron chi connectivity index (χ3n) is 6.03. The van der Waals surface area contributed by atoms with Crippen molar-refractivity contribution in [1.82, 2.24) is 9.97 Å². The first-order valence-corrected chi connectivity index (χ1v) is 11.8. The van der Waals surface area contributed by atoms with Gasteiger partial charge in [0.1, 0.15) is 17.3 Å². The fraction of sp³-hybridized carbons (Fsp3) is 0.478. The summed E-state index contributed by atoms with van der Waals surface area (Å²) in [4.78, 5) is 11.6. The van der Waals surface area contributed by atoms with Crippen LogP contribution in [0, 0.1) is 0 Å². The highest BCUT2D eigenvalue weighted by Gasteiger charge is 2.23. The molecule has 30 heavy (non-hydrogen) atoms. The van der Waals surface area contributed by atoms with Gasteiger partial charge in [-0.15, -0.1) is 0 Å². The number of ether oxygens (including phenoxy) is 1. The number of aliphatic hydroxyl groups is 1. The average molecular weight is 425 g/mol. The minimum absolute atomic E-state index is 0.0973. The van der Waals surface area contributed by atoms with E-state index in [1.165, 1.54) is 19.3 Å². The normalized spacial score (nSPS) is 22.2. The van der Waals surface area contributed by atoms with Crippen molar-refractivity contribution in [3.05, 3.63) is 36.5 Å². The van der Waals surface area contributed by atoms with Crippen molar-refractivity contribution >= 4 is 32.5 Å². The molecule has 2 aromatic heterocycles. The van der Waals surface area contributed by atoms with Crippen LogP contribution in [-0.4, -0.2) is 40.3 Å². The molecule has 1 aliphatic heterocycles. The second kappa shape index (κ2) is 8.78. The van der Waals surface area contributed by atoms with Gasteiger partial charge in [0.2, 0.25) is 0 Å². The number of nitrogens with one attached hydrogen (secondary N) is 1. The van der Waals surface area contributed by atoms with Gasteiger partial charge in [-0.05, 0) is 50.3 Å². The maximum Gasteiger partial charge on any atom is 0.184 e. The summed E-state index contributed by atoms with van der Waals surface area (Å²) in [5, 5.41) is 14.5. The Kier molecular flexibility index (Phi) is 5.73. The molecule has 6 nitrogen and oxygen atoms in total. The molecule has 1 aliphatic carbocycles. The highest BCUT2D eigenvalue weighted by atomic mass is 32.1. The van der Waals surface area contributed by atoms with E-state index in [1.54, 1.807) is 11.3 Å². The van der Waals surface area contributed by atoms with Gasteiger partial charge >= 0.3 is 0 Å². The van der Waals surface area contributed by atoms with Crippen molar-refractivity contribution in [3.63, 3.8) is 0 Å². The number of pyridine rings is 1. The highest BCUT2D eigenvalue weighted by Crippen LogP contribution is 2.33. The first kappa shape index (κ1) is 19.6. The molecule has 5 rings (SSSR count). The molecule has 1 aromatic carbocycles. The van der Waals surface area contributed by atoms with Gasteiger partial charge < -0.3 is 20.1 Å². The summed E-state index contributed by atoms with van der Waals surface area (Å²) in [6.45, 7) is 2.13. The number of nitrogens with zero attached hydrogens (tertiary/aromatic N) is 3. The summed E-state index contributed by atoms with van der Waals surface area (Å²) >= 11 is 1.61. The molecule has 0 spiro atoms. The lowest BCUT2D eigenvalue weighted by Gasteiger charge is -2.27. The predicted molar refractivity (Wildman–Crippen MR) is 122 cm³/mol. The van der Waals surface area contributed by atoms with Gasteiger partial charge in [-0.1, -0.05) is 24.2 Å². The minimum Gasteiger partial charge on any atom is -0.457 e. The predicted octanol–water partition coefficient (Wildman–Crippen LogP) is 5.19. The third kappa shape index (κ3) is 4.37. The van der Waals surface area contributed by atoms with Gasteiger partial charge in [-0.3, -0.25) is 0 Å². The number of fused-ring (bicyclic) bond motifs is 1. The average Bonchev–Trinajstić information content (AvgIpc) is 3.18. The van der Waals surface area contributed by atoms with Crippen LogP contribution in [0.5, 0.6) is 11.5 Å². The number of rotatable bonds is 5. The third-order valence-corrected chi connectivity index (χ3v) is 6.98. The van der Waals surface area contributed by atoms with Crippen molar-refractivity contribution in [2.45, 2.75) is 57.1 Å². The fourth-order valence-corrected chi connectivity index (χ4v) is 5.32. The SMILES string of the molecule is O[C@@H]1CCCC[C@H]1Nc1nc2ccc(Oc3ccnc(N4CCCCC4)c3)cc2s1. The zero-order valence-electron chi connectivity index (χ0n) is 17.1. The molecule has 2 N–H and O–H groups in total. The molecule has 2 aliphatic rings. The number of aliphatic hydroxyl groups excluding tert-OH is 1. The largest absolute Gasteiger partial charge is 0.457 e. The molecule has 3 heterocycles. The zero-order valence-corrected chi connectivity index (χ0v) is 17.9. The van der Waals surface area contributed by atoms with E-state index in [0.29, 0.717) is 0 Å². The van der Waals surface area contributed by atoms with E-state index in [4.69, 9.17) is 4.74 Å². The van der Waals surface area contributed by atoms with E-state index < -0.39 is 0 Å². The summed E-state index contributed by atoms with van der Waals surface area (Å²) in [6.07, 6.45) is 9.41. The number of benzene rings is 1. The van der Waals surface area contributed by atoms with E-state index in [9.17, 15) is 5.11 Å². The maximum atomic E-state index is 10.2. The quantitative estimate of drug-likeness (QED) is 0.587. The standard InChI is InChI=1S/C23H28N4O2S/c28-20-7-3-2-6-18(20)25-23-26-19-9-8-16(14-21(19)30-23)29-17-10-11-24-22(15-17)27-12-4-1-5-13-27/h8-11,14-15,18,20,28H,1-7,12-13H2,(H,25,26)/t18-,20-/m1/s1. The van der Waals surface area contributed by atoms with Gasteiger partial charge in [0.25, 0.3) is 0 Å². The number of piperidine rings is 1. The molecular weight excluding hydrogens is 396 g/mol. The molecule has 0 amide bonds. The lowest BCUT2D eigenvalue weighted by molar-refractivity contribution is 0.116. The van der Waals surface area contributed by atoms with Gasteiger partial charge in [-0.25, -0.2) is 9.97 Å². The molecule has 1 saturated carbocycles. The van der Waals surface area contributed by atoms with E-state index in [-0.39, 0.29) is 12.1 Å². The topological polar surface area (TPSA) is 70.5 Å². The number of hydrogen-bond acceptors (Lipinski definition) is 7. The van der Waals surface area contributed by atoms with Gasteiger partial charge in [0, 0.05) is 31.4 Å². The molecule has 7 heteroatoms. The Hall–Kier alpha value is -2.38. The van der Waals surface area contributed by atoms with E-state index in [0.717, 1.165) is 71.4 Å². The van der Waals surface area contributed by atoms with Gasteiger partial charge in [0.15, 0.2) is 5.13 Å². The van der Waals surface area contributed by atoms with Crippen LogP contribution in [0.3, 0.4) is 0 Å². The van der Waals surface area contributed by atoms with Crippen LogP contribution in [0.15, 0.2) is 36.5 Å². The molecule has 0 radical (unpaired) electrons. The van der Waals surface area contributed by atoms with Crippen LogP contribution in [0.2, 0.25) is 0 Å². The summed E-state index contributed by atoms with van der Waals surface area (Å²) in [7, 11) is 0. The first-order chi connectivity index (χ1) is 14.7. The molecule has 1 saturated heterocycles. The first-order valence-electron chi connectivity index (χ1n) is 11.0. The highest BCUT2D eigenvalue weighted by molar-refractivity contribution is 7.22. The molecule has 3 aromatic rings. The number of aromatic nitrogens is 2. The Morgan fingerprint density at radius 1 is 1.00 bits per heavy atom. The van der Waals surface area contributed by atoms with Crippen LogP contribution in [-0.2, 0) is 0 Å². The van der Waals surface area contributed by atoms with Crippen LogP contribution in [0.25, 0.3) is 10.2 Å². The number of thiazole rings is 1. The van der Waals surface area contributed by atoms with Crippen molar-refractivity contribution in [3.8, 4) is 11.5 Å². The van der Waals surface area contributed by atoms with Crippen LogP contribution < -0.4 is 15.0 Å². The Morgan fingerprint density at radius 3 is 2.70 bits per heavy atom. The Morgan fingerprint density at radius 2 is 1.83 bits per heavy atom. The van der Waals surface area contributed by atoms with Crippen molar-refractivity contribution in [2.75, 3.05) is 23.3 Å². The van der Waals surface area contributed by atoms with E-state index in [1.807, 2.05) is 36.5 Å². The Labute approximate surface area is 180 Å². The smallest absolute Gasteiger partial charge is 0.184 e. The van der Waals surface area contributed by atoms with E-state index >= 15 is 0 Å². The van der Waals surface area contributed by atoms with E-state index in [2.05, 4.69) is 20.2 Å². The van der Waals surface area contributed by atoms with Crippen LogP contribution >= 0.6 is 11.3 Å². The molecule has 0 unspecified atom stereocenters. The summed E-state index contributed by atoms with van der Waals surface area (Å²) in [5.41, 5.74) is 0.948.